The van der Waals surface area contributed by atoms with Crippen LogP contribution in [0.4, 0.5) is 10.5 Å². The summed E-state index contributed by atoms with van der Waals surface area (Å²) in [7, 11) is 6.72. The number of carbonyl (C=O) groups excluding carboxylic acids is 1. The number of carbonyl (C=O) groups is 2. The number of anilines is 1. The molecule has 10 heteroatoms. The zero-order chi connectivity index (χ0) is 31.4. The van der Waals surface area contributed by atoms with E-state index in [2.05, 4.69) is 10.2 Å². The monoisotopic (exact) mass is 601 g/mol. The Balaban J connectivity index is 1.53. The van der Waals surface area contributed by atoms with Crippen LogP contribution in [-0.2, 0) is 11.3 Å². The van der Waals surface area contributed by atoms with Crippen LogP contribution in [0.1, 0.15) is 48.6 Å². The first-order valence-corrected chi connectivity index (χ1v) is 14.6. The molecule has 3 aromatic rings. The minimum Gasteiger partial charge on any atom is -0.497 e. The van der Waals surface area contributed by atoms with Gasteiger partial charge in [-0.25, -0.2) is 4.79 Å². The van der Waals surface area contributed by atoms with Gasteiger partial charge in [0.05, 0.1) is 40.6 Å². The maximum Gasteiger partial charge on any atom is 0.412 e. The molecule has 0 bridgehead atoms. The number of allylic oxidation sites excluding steroid dienone is 2. The molecule has 0 atom stereocenters. The van der Waals surface area contributed by atoms with E-state index >= 15 is 0 Å². The first-order chi connectivity index (χ1) is 21.2. The fourth-order valence-electron chi connectivity index (χ4n) is 6.03. The zero-order valence-corrected chi connectivity index (χ0v) is 25.8. The number of amides is 2. The van der Waals surface area contributed by atoms with E-state index in [0.29, 0.717) is 48.1 Å². The maximum atomic E-state index is 13.0. The highest BCUT2D eigenvalue weighted by atomic mass is 16.5. The Morgan fingerprint density at radius 3 is 2.34 bits per heavy atom. The van der Waals surface area contributed by atoms with Gasteiger partial charge in [-0.1, -0.05) is 6.07 Å². The average Bonchev–Trinajstić information content (AvgIpc) is 3.63. The van der Waals surface area contributed by atoms with E-state index in [4.69, 9.17) is 18.6 Å². The number of likely N-dealkylation sites (tertiary alicyclic amines) is 1. The topological polar surface area (TPSA) is 114 Å². The van der Waals surface area contributed by atoms with Crippen molar-refractivity contribution < 1.29 is 33.3 Å². The highest BCUT2D eigenvalue weighted by molar-refractivity contribution is 6.08. The molecule has 1 aliphatic carbocycles. The van der Waals surface area contributed by atoms with Crippen molar-refractivity contribution in [1.29, 1.82) is 0 Å². The Morgan fingerprint density at radius 2 is 1.75 bits per heavy atom. The number of benzene rings is 2. The summed E-state index contributed by atoms with van der Waals surface area (Å²) in [6.07, 6.45) is 4.15. The number of furan rings is 1. The van der Waals surface area contributed by atoms with Crippen LogP contribution >= 0.6 is 0 Å². The average molecular weight is 602 g/mol. The van der Waals surface area contributed by atoms with Gasteiger partial charge < -0.3 is 34.0 Å². The van der Waals surface area contributed by atoms with Crippen molar-refractivity contribution in [1.82, 2.24) is 10.2 Å². The Labute approximate surface area is 257 Å². The lowest BCUT2D eigenvalue weighted by Gasteiger charge is -2.36. The van der Waals surface area contributed by atoms with E-state index in [1.165, 1.54) is 19.1 Å². The normalized spacial score (nSPS) is 16.2. The van der Waals surface area contributed by atoms with Gasteiger partial charge in [0, 0.05) is 6.04 Å². The predicted molar refractivity (Wildman–Crippen MR) is 169 cm³/mol. The Bertz CT molecular complexity index is 1560. The summed E-state index contributed by atoms with van der Waals surface area (Å²) >= 11 is 0. The molecule has 1 saturated heterocycles. The Hall–Kier alpha value is -4.70. The van der Waals surface area contributed by atoms with E-state index in [9.17, 15) is 14.7 Å². The summed E-state index contributed by atoms with van der Waals surface area (Å²) in [5, 5.41) is 13.2. The molecule has 1 aliphatic heterocycles. The molecule has 1 fully saturated rings. The van der Waals surface area contributed by atoms with Crippen LogP contribution in [0.15, 0.2) is 58.7 Å². The molecule has 2 heterocycles. The highest BCUT2D eigenvalue weighted by Gasteiger charge is 2.33. The second kappa shape index (κ2) is 13.3. The lowest BCUT2D eigenvalue weighted by Crippen LogP contribution is -2.46. The first-order valence-electron chi connectivity index (χ1n) is 14.6. The zero-order valence-electron chi connectivity index (χ0n) is 25.8. The maximum absolute atomic E-state index is 13.0. The van der Waals surface area contributed by atoms with E-state index in [1.807, 2.05) is 56.4 Å². The Kier molecular flexibility index (Phi) is 9.29. The third-order valence-corrected chi connectivity index (χ3v) is 8.39. The number of ether oxygens (including phenoxy) is 3. The van der Waals surface area contributed by atoms with Crippen LogP contribution in [0.5, 0.6) is 17.2 Å². The molecule has 44 heavy (non-hydrogen) atoms. The number of hydrogen-bond donors (Lipinski definition) is 2. The number of hydrogen-bond acceptors (Lipinski definition) is 7. The molecule has 0 saturated carbocycles. The van der Waals surface area contributed by atoms with Gasteiger partial charge in [-0.05, 0) is 116 Å². The van der Waals surface area contributed by atoms with Crippen LogP contribution in [0.2, 0.25) is 0 Å². The van der Waals surface area contributed by atoms with E-state index < -0.39 is 6.09 Å². The van der Waals surface area contributed by atoms with Crippen molar-refractivity contribution in [3.8, 4) is 17.2 Å². The standard InChI is InChI=1S/C34H39N3O7/c1-21-27(26-9-8-24(41-3)18-29(26)28(21)19-32(38)35-20-25-7-6-14-44-25)15-22-16-30(42-4)33(31(17-22)43-5)37(34(39)40)23-10-12-36(2)13-11-23/h6-9,14-18,23H,10-13,19-20H2,1-5H3,(H,35,38)(H,39,40). The minimum atomic E-state index is -1.05. The molecule has 1 aromatic heterocycles. The third kappa shape index (κ3) is 6.30. The van der Waals surface area contributed by atoms with Crippen LogP contribution in [0, 0.1) is 0 Å². The van der Waals surface area contributed by atoms with Crippen LogP contribution in [0.3, 0.4) is 0 Å². The van der Waals surface area contributed by atoms with Gasteiger partial charge in [0.15, 0.2) is 0 Å². The molecular weight excluding hydrogens is 562 g/mol. The molecule has 0 unspecified atom stereocenters. The smallest absolute Gasteiger partial charge is 0.412 e. The summed E-state index contributed by atoms with van der Waals surface area (Å²) in [5.74, 6) is 2.07. The quantitative estimate of drug-likeness (QED) is 0.295. The largest absolute Gasteiger partial charge is 0.497 e. The SMILES string of the molecule is COc1ccc2c(c1)C(CC(=O)NCc1ccco1)=C(C)C2=Cc1cc(OC)c(N(C(=O)O)C2CCN(C)CC2)c(OC)c1. The van der Waals surface area contributed by atoms with Gasteiger partial charge in [0.1, 0.15) is 28.7 Å². The van der Waals surface area contributed by atoms with E-state index in [1.54, 1.807) is 19.4 Å². The van der Waals surface area contributed by atoms with Gasteiger partial charge in [-0.15, -0.1) is 0 Å². The third-order valence-electron chi connectivity index (χ3n) is 8.39. The lowest BCUT2D eigenvalue weighted by molar-refractivity contribution is -0.120. The molecule has 2 aliphatic rings. The molecule has 5 rings (SSSR count). The molecule has 232 valence electrons. The van der Waals surface area contributed by atoms with Gasteiger partial charge in [-0.2, -0.15) is 0 Å². The molecule has 2 N–H and O–H groups in total. The predicted octanol–water partition coefficient (Wildman–Crippen LogP) is 5.92. The molecule has 2 aromatic carbocycles. The van der Waals surface area contributed by atoms with Crippen molar-refractivity contribution in [2.75, 3.05) is 46.4 Å². The van der Waals surface area contributed by atoms with Crippen molar-refractivity contribution >= 4 is 34.9 Å². The second-order valence-electron chi connectivity index (χ2n) is 11.1. The number of piperidine rings is 1. The second-order valence-corrected chi connectivity index (χ2v) is 11.1. The Morgan fingerprint density at radius 1 is 1.05 bits per heavy atom. The summed E-state index contributed by atoms with van der Waals surface area (Å²) in [4.78, 5) is 29.2. The van der Waals surface area contributed by atoms with Crippen molar-refractivity contribution in [3.63, 3.8) is 0 Å². The van der Waals surface area contributed by atoms with Crippen molar-refractivity contribution in [2.24, 2.45) is 0 Å². The van der Waals surface area contributed by atoms with Gasteiger partial charge >= 0.3 is 6.09 Å². The molecule has 0 radical (unpaired) electrons. The van der Waals surface area contributed by atoms with Gasteiger partial charge in [0.2, 0.25) is 5.91 Å². The molecule has 2 amide bonds. The van der Waals surface area contributed by atoms with Crippen LogP contribution in [-0.4, -0.2) is 69.5 Å². The van der Waals surface area contributed by atoms with Crippen LogP contribution in [0.25, 0.3) is 17.2 Å². The summed E-state index contributed by atoms with van der Waals surface area (Å²) in [6, 6.07) is 12.9. The van der Waals surface area contributed by atoms with E-state index in [-0.39, 0.29) is 18.4 Å². The minimum absolute atomic E-state index is 0.124. The number of rotatable bonds is 10. The molecule has 0 spiro atoms. The van der Waals surface area contributed by atoms with E-state index in [0.717, 1.165) is 46.5 Å². The first kappa shape index (κ1) is 30.7. The van der Waals surface area contributed by atoms with Gasteiger partial charge in [-0.3, -0.25) is 9.69 Å². The fourth-order valence-corrected chi connectivity index (χ4v) is 6.03. The highest BCUT2D eigenvalue weighted by Crippen LogP contribution is 2.47. The summed E-state index contributed by atoms with van der Waals surface area (Å²) in [5.41, 5.74) is 5.87. The number of methoxy groups -OCH3 is 3. The lowest BCUT2D eigenvalue weighted by atomic mass is 9.99. The number of carboxylic acid groups (broad SMARTS) is 1. The summed E-state index contributed by atoms with van der Waals surface area (Å²) in [6.45, 7) is 3.93. The fraction of sp³-hybridized carbons (Fsp3) is 0.353. The van der Waals surface area contributed by atoms with Crippen molar-refractivity contribution in [2.45, 2.75) is 38.8 Å². The number of fused-ring (bicyclic) bond motifs is 1. The molecular formula is C34H39N3O7. The van der Waals surface area contributed by atoms with Crippen LogP contribution < -0.4 is 24.4 Å². The number of nitrogens with one attached hydrogen (secondary N) is 1. The molecule has 10 nitrogen and oxygen atoms in total. The summed E-state index contributed by atoms with van der Waals surface area (Å²) < 4.78 is 22.4. The van der Waals surface area contributed by atoms with Crippen molar-refractivity contribution in [3.05, 3.63) is 76.8 Å². The number of nitrogens with zero attached hydrogens (tertiary/aromatic N) is 2. The van der Waals surface area contributed by atoms with Gasteiger partial charge in [0.25, 0.3) is 0 Å².